The lowest BCUT2D eigenvalue weighted by Crippen LogP contribution is -1.84. The van der Waals surface area contributed by atoms with Gasteiger partial charge in [0.15, 0.2) is 0 Å². The van der Waals surface area contributed by atoms with E-state index in [1.54, 1.807) is 0 Å². The predicted octanol–water partition coefficient (Wildman–Crippen LogP) is 4.29. The van der Waals surface area contributed by atoms with E-state index in [1.165, 1.54) is 33.4 Å². The Hall–Kier alpha value is -2.08. The van der Waals surface area contributed by atoms with E-state index >= 15 is 0 Å². The molecule has 0 bridgehead atoms. The quantitative estimate of drug-likeness (QED) is 0.606. The summed E-state index contributed by atoms with van der Waals surface area (Å²) in [4.78, 5) is 0. The number of fused-ring (bicyclic) bond motifs is 3. The fraction of sp³-hybridized carbons (Fsp3) is 0.0588. The second-order valence-electron chi connectivity index (χ2n) is 4.59. The first-order valence-corrected chi connectivity index (χ1v) is 6.04. The van der Waals surface area contributed by atoms with Gasteiger partial charge in [0.25, 0.3) is 0 Å². The van der Waals surface area contributed by atoms with Gasteiger partial charge in [0.05, 0.1) is 0 Å². The molecule has 0 N–H and O–H groups in total. The topological polar surface area (TPSA) is 0 Å². The summed E-state index contributed by atoms with van der Waals surface area (Å²) in [5, 5.41) is 0. The molecule has 0 saturated heterocycles. The van der Waals surface area contributed by atoms with Crippen molar-refractivity contribution in [2.75, 3.05) is 0 Å². The fourth-order valence-electron chi connectivity index (χ4n) is 2.95. The Morgan fingerprint density at radius 3 is 2.71 bits per heavy atom. The molecule has 0 amide bonds. The molecule has 3 aliphatic carbocycles. The molecule has 0 atom stereocenters. The van der Waals surface area contributed by atoms with Gasteiger partial charge in [0.1, 0.15) is 0 Å². The third-order valence-corrected chi connectivity index (χ3v) is 3.68. The zero-order valence-electron chi connectivity index (χ0n) is 9.48. The molecule has 0 unspecified atom stereocenters. The van der Waals surface area contributed by atoms with E-state index in [-0.39, 0.29) is 0 Å². The third-order valence-electron chi connectivity index (χ3n) is 3.68. The van der Waals surface area contributed by atoms with Crippen LogP contribution in [0.1, 0.15) is 17.5 Å². The summed E-state index contributed by atoms with van der Waals surface area (Å²) in [7, 11) is 0. The van der Waals surface area contributed by atoms with Gasteiger partial charge in [-0.2, -0.15) is 0 Å². The van der Waals surface area contributed by atoms with Gasteiger partial charge in [0.2, 0.25) is 0 Å². The molecule has 0 aromatic heterocycles. The van der Waals surface area contributed by atoms with Gasteiger partial charge in [0, 0.05) is 0 Å². The van der Waals surface area contributed by atoms with Crippen molar-refractivity contribution in [2.24, 2.45) is 0 Å². The van der Waals surface area contributed by atoms with E-state index in [4.69, 9.17) is 0 Å². The maximum absolute atomic E-state index is 2.36. The maximum atomic E-state index is 2.36. The van der Waals surface area contributed by atoms with Gasteiger partial charge in [-0.25, -0.2) is 0 Å². The minimum atomic E-state index is 1.07. The van der Waals surface area contributed by atoms with Crippen LogP contribution in [0, 0.1) is 0 Å². The fourth-order valence-corrected chi connectivity index (χ4v) is 2.95. The minimum Gasteiger partial charge on any atom is -0.0716 e. The summed E-state index contributed by atoms with van der Waals surface area (Å²) >= 11 is 0. The lowest BCUT2D eigenvalue weighted by Gasteiger charge is -2.05. The first kappa shape index (κ1) is 9.00. The highest BCUT2D eigenvalue weighted by Crippen LogP contribution is 2.49. The van der Waals surface area contributed by atoms with Gasteiger partial charge in [-0.05, 0) is 39.8 Å². The SMILES string of the molecule is C1=CC2=C3C(=CC/C3=C/C=C\1)c1ccccc12. The summed E-state index contributed by atoms with van der Waals surface area (Å²) in [6.07, 6.45) is 14.3. The maximum Gasteiger partial charge on any atom is -0.00668 e. The van der Waals surface area contributed by atoms with Crippen LogP contribution in [-0.2, 0) is 0 Å². The van der Waals surface area contributed by atoms with Crippen molar-refractivity contribution in [1.82, 2.24) is 0 Å². The summed E-state index contributed by atoms with van der Waals surface area (Å²) < 4.78 is 0. The van der Waals surface area contributed by atoms with E-state index in [2.05, 4.69) is 60.7 Å². The smallest absolute Gasteiger partial charge is 0.00668 e. The van der Waals surface area contributed by atoms with Gasteiger partial charge in [-0.15, -0.1) is 0 Å². The first-order chi connectivity index (χ1) is 8.45. The van der Waals surface area contributed by atoms with Gasteiger partial charge in [-0.1, -0.05) is 60.7 Å². The molecule has 0 aliphatic heterocycles. The van der Waals surface area contributed by atoms with Gasteiger partial charge < -0.3 is 0 Å². The zero-order valence-corrected chi connectivity index (χ0v) is 9.48. The van der Waals surface area contributed by atoms with E-state index in [0.29, 0.717) is 0 Å². The lowest BCUT2D eigenvalue weighted by atomic mass is 9.99. The van der Waals surface area contributed by atoms with E-state index < -0.39 is 0 Å². The van der Waals surface area contributed by atoms with Crippen LogP contribution >= 0.6 is 0 Å². The average molecular weight is 216 g/mol. The molecule has 1 aromatic carbocycles. The lowest BCUT2D eigenvalue weighted by molar-refractivity contribution is 1.32. The Morgan fingerprint density at radius 1 is 0.882 bits per heavy atom. The van der Waals surface area contributed by atoms with Crippen molar-refractivity contribution in [3.63, 3.8) is 0 Å². The molecule has 0 saturated carbocycles. The van der Waals surface area contributed by atoms with Crippen LogP contribution in [0.3, 0.4) is 0 Å². The first-order valence-electron chi connectivity index (χ1n) is 6.04. The number of hydrogen-bond acceptors (Lipinski definition) is 0. The number of hydrogen-bond donors (Lipinski definition) is 0. The molecule has 0 spiro atoms. The Morgan fingerprint density at radius 2 is 1.76 bits per heavy atom. The molecule has 0 heteroatoms. The van der Waals surface area contributed by atoms with Crippen molar-refractivity contribution < 1.29 is 0 Å². The molecule has 1 aromatic rings. The summed E-state index contributed by atoms with van der Waals surface area (Å²) in [5.41, 5.74) is 8.50. The van der Waals surface area contributed by atoms with Crippen molar-refractivity contribution in [2.45, 2.75) is 6.42 Å². The van der Waals surface area contributed by atoms with Crippen molar-refractivity contribution >= 4 is 11.1 Å². The van der Waals surface area contributed by atoms with Crippen molar-refractivity contribution in [3.8, 4) is 0 Å². The van der Waals surface area contributed by atoms with Crippen LogP contribution in [0.4, 0.5) is 0 Å². The number of allylic oxidation sites excluding steroid dienone is 10. The Kier molecular flexibility index (Phi) is 1.70. The monoisotopic (exact) mass is 216 g/mol. The minimum absolute atomic E-state index is 1.07. The second-order valence-corrected chi connectivity index (χ2v) is 4.59. The molecule has 17 heavy (non-hydrogen) atoms. The summed E-state index contributed by atoms with van der Waals surface area (Å²) in [6.45, 7) is 0. The molecule has 0 heterocycles. The molecule has 0 nitrogen and oxygen atoms in total. The van der Waals surface area contributed by atoms with E-state index in [9.17, 15) is 0 Å². The highest BCUT2D eigenvalue weighted by atomic mass is 14.3. The predicted molar refractivity (Wildman–Crippen MR) is 72.3 cm³/mol. The van der Waals surface area contributed by atoms with Crippen LogP contribution in [0.2, 0.25) is 0 Å². The van der Waals surface area contributed by atoms with Gasteiger partial charge >= 0.3 is 0 Å². The van der Waals surface area contributed by atoms with Crippen LogP contribution < -0.4 is 0 Å². The summed E-state index contributed by atoms with van der Waals surface area (Å²) in [6, 6.07) is 8.71. The Bertz CT molecular complexity index is 661. The third kappa shape index (κ3) is 1.13. The molecule has 4 rings (SSSR count). The second kappa shape index (κ2) is 3.21. The Balaban J connectivity index is 2.07. The van der Waals surface area contributed by atoms with Crippen LogP contribution in [0.15, 0.2) is 71.9 Å². The molecule has 80 valence electrons. The average Bonchev–Trinajstić information content (AvgIpc) is 2.84. The van der Waals surface area contributed by atoms with Gasteiger partial charge in [-0.3, -0.25) is 0 Å². The van der Waals surface area contributed by atoms with E-state index in [1.807, 2.05) is 0 Å². The van der Waals surface area contributed by atoms with Crippen molar-refractivity contribution in [1.29, 1.82) is 0 Å². The molecule has 0 fully saturated rings. The molecular formula is C17H12. The number of rotatable bonds is 0. The van der Waals surface area contributed by atoms with Crippen molar-refractivity contribution in [3.05, 3.63) is 83.0 Å². The normalized spacial score (nSPS) is 24.5. The van der Waals surface area contributed by atoms with Crippen LogP contribution in [-0.4, -0.2) is 0 Å². The van der Waals surface area contributed by atoms with Crippen LogP contribution in [0.25, 0.3) is 11.1 Å². The summed E-state index contributed by atoms with van der Waals surface area (Å²) in [5.74, 6) is 0. The zero-order chi connectivity index (χ0) is 11.2. The largest absolute Gasteiger partial charge is 0.0716 e. The standard InChI is InChI=1S/C17H12/c1-2-6-12-10-11-16-14-8-5-4-7-13(14)15(9-3-1)17(12)16/h1-9,11H,10H2/b2-1-,3-1?,6-2?,9-3?,12-6-,15-9?. The highest BCUT2D eigenvalue weighted by Gasteiger charge is 2.29. The Labute approximate surface area is 101 Å². The number of benzene rings is 1. The van der Waals surface area contributed by atoms with E-state index in [0.717, 1.165) is 6.42 Å². The highest BCUT2D eigenvalue weighted by molar-refractivity contribution is 6.07. The molecule has 0 radical (unpaired) electrons. The molecular weight excluding hydrogens is 204 g/mol. The molecule has 3 aliphatic rings. The van der Waals surface area contributed by atoms with Crippen LogP contribution in [0.5, 0.6) is 0 Å².